The van der Waals surface area contributed by atoms with E-state index < -0.39 is 6.10 Å². The second-order valence-electron chi connectivity index (χ2n) is 5.54. The number of hydrogen-bond donors (Lipinski definition) is 1. The molecule has 0 radical (unpaired) electrons. The van der Waals surface area contributed by atoms with Gasteiger partial charge in [-0.1, -0.05) is 0 Å². The number of hydrogen-bond acceptors (Lipinski definition) is 4. The van der Waals surface area contributed by atoms with Crippen molar-refractivity contribution in [3.05, 3.63) is 23.8 Å². The molecule has 2 unspecified atom stereocenters. The number of methoxy groups -OCH3 is 1. The standard InChI is InChI=1S/C15H20O4/c1-10-8-15(5-6-18-10)9-13(16)12-4-3-11(17-2)7-14(12)19-15/h3-4,7,10,13,16H,5-6,8-9H2,1-2H3/t10?,13-,15?/m1/s1. The zero-order valence-electron chi connectivity index (χ0n) is 11.4. The van der Waals surface area contributed by atoms with Crippen LogP contribution in [0.3, 0.4) is 0 Å². The van der Waals surface area contributed by atoms with Crippen molar-refractivity contribution in [2.45, 2.75) is 44.0 Å². The topological polar surface area (TPSA) is 47.9 Å². The zero-order valence-corrected chi connectivity index (χ0v) is 11.4. The van der Waals surface area contributed by atoms with E-state index in [1.807, 2.05) is 18.2 Å². The second-order valence-corrected chi connectivity index (χ2v) is 5.54. The van der Waals surface area contributed by atoms with Crippen molar-refractivity contribution in [2.24, 2.45) is 0 Å². The van der Waals surface area contributed by atoms with Gasteiger partial charge in [-0.2, -0.15) is 0 Å². The Labute approximate surface area is 113 Å². The van der Waals surface area contributed by atoms with Crippen LogP contribution in [-0.4, -0.2) is 30.5 Å². The van der Waals surface area contributed by atoms with Crippen molar-refractivity contribution in [3.8, 4) is 11.5 Å². The predicted molar refractivity (Wildman–Crippen MR) is 70.6 cm³/mol. The van der Waals surface area contributed by atoms with Gasteiger partial charge >= 0.3 is 0 Å². The molecule has 0 saturated carbocycles. The Morgan fingerprint density at radius 1 is 1.37 bits per heavy atom. The van der Waals surface area contributed by atoms with Crippen LogP contribution < -0.4 is 9.47 Å². The third-order valence-electron chi connectivity index (χ3n) is 4.09. The summed E-state index contributed by atoms with van der Waals surface area (Å²) >= 11 is 0. The second kappa shape index (κ2) is 4.69. The highest BCUT2D eigenvalue weighted by Gasteiger charge is 2.43. The van der Waals surface area contributed by atoms with E-state index in [4.69, 9.17) is 14.2 Å². The molecule has 19 heavy (non-hydrogen) atoms. The molecule has 1 N–H and O–H groups in total. The molecule has 4 nitrogen and oxygen atoms in total. The summed E-state index contributed by atoms with van der Waals surface area (Å²) in [4.78, 5) is 0. The first-order valence-corrected chi connectivity index (χ1v) is 6.78. The van der Waals surface area contributed by atoms with E-state index in [1.54, 1.807) is 7.11 Å². The summed E-state index contributed by atoms with van der Waals surface area (Å²) in [6, 6.07) is 5.60. The number of fused-ring (bicyclic) bond motifs is 1. The van der Waals surface area contributed by atoms with Gasteiger partial charge in [0, 0.05) is 30.9 Å². The fraction of sp³-hybridized carbons (Fsp3) is 0.600. The summed E-state index contributed by atoms with van der Waals surface area (Å²) in [6.07, 6.45) is 1.99. The van der Waals surface area contributed by atoms with E-state index in [0.717, 1.165) is 29.9 Å². The van der Waals surface area contributed by atoms with Crippen LogP contribution in [0.1, 0.15) is 37.9 Å². The van der Waals surface area contributed by atoms with E-state index in [9.17, 15) is 5.11 Å². The lowest BCUT2D eigenvalue weighted by Gasteiger charge is -2.44. The van der Waals surface area contributed by atoms with Crippen molar-refractivity contribution in [1.82, 2.24) is 0 Å². The monoisotopic (exact) mass is 264 g/mol. The molecular formula is C15H20O4. The van der Waals surface area contributed by atoms with Crippen molar-refractivity contribution in [2.75, 3.05) is 13.7 Å². The SMILES string of the molecule is COc1ccc2c(c1)OC1(CCOC(C)C1)C[C@H]2O. The molecule has 2 heterocycles. The van der Waals surface area contributed by atoms with Crippen LogP contribution in [0.15, 0.2) is 18.2 Å². The van der Waals surface area contributed by atoms with Crippen LogP contribution in [-0.2, 0) is 4.74 Å². The number of ether oxygens (including phenoxy) is 3. The predicted octanol–water partition coefficient (Wildman–Crippen LogP) is 2.45. The van der Waals surface area contributed by atoms with Crippen LogP contribution in [0, 0.1) is 0 Å². The van der Waals surface area contributed by atoms with E-state index in [1.165, 1.54) is 0 Å². The van der Waals surface area contributed by atoms with Gasteiger partial charge in [0.2, 0.25) is 0 Å². The van der Waals surface area contributed by atoms with Gasteiger partial charge in [0.1, 0.15) is 17.1 Å². The highest BCUT2D eigenvalue weighted by Crippen LogP contribution is 2.45. The zero-order chi connectivity index (χ0) is 13.5. The molecule has 1 aromatic carbocycles. The average Bonchev–Trinajstić information content (AvgIpc) is 2.37. The lowest BCUT2D eigenvalue weighted by atomic mass is 9.81. The molecule has 0 aromatic heterocycles. The Kier molecular flexibility index (Phi) is 3.15. The Balaban J connectivity index is 1.93. The third-order valence-corrected chi connectivity index (χ3v) is 4.09. The molecule has 0 aliphatic carbocycles. The molecule has 1 spiro atoms. The molecule has 1 saturated heterocycles. The quantitative estimate of drug-likeness (QED) is 0.846. The number of aliphatic hydroxyl groups is 1. The van der Waals surface area contributed by atoms with Crippen molar-refractivity contribution in [3.63, 3.8) is 0 Å². The molecule has 4 heteroatoms. The Morgan fingerprint density at radius 3 is 2.95 bits per heavy atom. The van der Waals surface area contributed by atoms with Crippen LogP contribution in [0.5, 0.6) is 11.5 Å². The first kappa shape index (κ1) is 12.8. The molecule has 3 rings (SSSR count). The summed E-state index contributed by atoms with van der Waals surface area (Å²) in [5, 5.41) is 10.4. The van der Waals surface area contributed by atoms with Gasteiger partial charge < -0.3 is 19.3 Å². The van der Waals surface area contributed by atoms with Crippen molar-refractivity contribution >= 4 is 0 Å². The number of rotatable bonds is 1. The first-order valence-electron chi connectivity index (χ1n) is 6.78. The van der Waals surface area contributed by atoms with Crippen LogP contribution >= 0.6 is 0 Å². The Bertz CT molecular complexity index is 473. The first-order chi connectivity index (χ1) is 9.12. The Morgan fingerprint density at radius 2 is 2.21 bits per heavy atom. The van der Waals surface area contributed by atoms with Gasteiger partial charge in [-0.05, 0) is 19.1 Å². The third kappa shape index (κ3) is 2.30. The molecule has 0 bridgehead atoms. The summed E-state index contributed by atoms with van der Waals surface area (Å²) < 4.78 is 17.0. The summed E-state index contributed by atoms with van der Waals surface area (Å²) in [6.45, 7) is 2.74. The molecule has 104 valence electrons. The minimum absolute atomic E-state index is 0.174. The lowest BCUT2D eigenvalue weighted by Crippen LogP contribution is -2.47. The molecule has 3 atom stereocenters. The van der Waals surface area contributed by atoms with E-state index in [2.05, 4.69) is 6.92 Å². The van der Waals surface area contributed by atoms with Gasteiger partial charge in [-0.25, -0.2) is 0 Å². The van der Waals surface area contributed by atoms with Gasteiger partial charge in [0.25, 0.3) is 0 Å². The Hall–Kier alpha value is -1.26. The summed E-state index contributed by atoms with van der Waals surface area (Å²) in [5.74, 6) is 1.50. The maximum absolute atomic E-state index is 10.4. The van der Waals surface area contributed by atoms with E-state index in [-0.39, 0.29) is 11.7 Å². The summed E-state index contributed by atoms with van der Waals surface area (Å²) in [5.41, 5.74) is 0.557. The minimum atomic E-state index is -0.472. The normalized spacial score (nSPS) is 33.6. The van der Waals surface area contributed by atoms with E-state index >= 15 is 0 Å². The molecule has 2 aliphatic rings. The molecule has 2 aliphatic heterocycles. The molecule has 0 amide bonds. The average molecular weight is 264 g/mol. The molecular weight excluding hydrogens is 244 g/mol. The fourth-order valence-corrected chi connectivity index (χ4v) is 3.15. The van der Waals surface area contributed by atoms with Crippen molar-refractivity contribution in [1.29, 1.82) is 0 Å². The smallest absolute Gasteiger partial charge is 0.129 e. The lowest BCUT2D eigenvalue weighted by molar-refractivity contribution is -0.111. The van der Waals surface area contributed by atoms with Gasteiger partial charge in [0.05, 0.1) is 25.9 Å². The fourth-order valence-electron chi connectivity index (χ4n) is 3.15. The van der Waals surface area contributed by atoms with Gasteiger partial charge in [0.15, 0.2) is 0 Å². The highest BCUT2D eigenvalue weighted by atomic mass is 16.5. The minimum Gasteiger partial charge on any atom is -0.497 e. The number of aliphatic hydroxyl groups excluding tert-OH is 1. The molecule has 1 fully saturated rings. The summed E-state index contributed by atoms with van der Waals surface area (Å²) in [7, 11) is 1.63. The largest absolute Gasteiger partial charge is 0.497 e. The van der Waals surface area contributed by atoms with Gasteiger partial charge in [-0.3, -0.25) is 0 Å². The van der Waals surface area contributed by atoms with Crippen LogP contribution in [0.25, 0.3) is 0 Å². The van der Waals surface area contributed by atoms with Gasteiger partial charge in [-0.15, -0.1) is 0 Å². The van der Waals surface area contributed by atoms with Crippen molar-refractivity contribution < 1.29 is 19.3 Å². The maximum Gasteiger partial charge on any atom is 0.129 e. The maximum atomic E-state index is 10.4. The number of benzene rings is 1. The van der Waals surface area contributed by atoms with E-state index in [0.29, 0.717) is 13.0 Å². The molecule has 1 aromatic rings. The highest BCUT2D eigenvalue weighted by molar-refractivity contribution is 5.44. The van der Waals surface area contributed by atoms with Crippen LogP contribution in [0.2, 0.25) is 0 Å². The van der Waals surface area contributed by atoms with Crippen LogP contribution in [0.4, 0.5) is 0 Å².